The fourth-order valence-corrected chi connectivity index (χ4v) is 1.60. The largest absolute Gasteiger partial charge is 0.353 e. The van der Waals surface area contributed by atoms with Crippen molar-refractivity contribution >= 4 is 0 Å². The van der Waals surface area contributed by atoms with E-state index in [4.69, 9.17) is 9.47 Å². The average molecular weight is 226 g/mol. The smallest absolute Gasteiger partial charge is 0.159 e. The molecule has 0 atom stereocenters. The van der Waals surface area contributed by atoms with E-state index in [1.807, 2.05) is 27.1 Å². The van der Waals surface area contributed by atoms with Crippen LogP contribution in [0.25, 0.3) is 0 Å². The molecule has 0 aromatic carbocycles. The summed E-state index contributed by atoms with van der Waals surface area (Å²) in [4.78, 5) is 4.27. The molecule has 0 bridgehead atoms. The number of hydrogen-bond acceptors (Lipinski definition) is 3. The van der Waals surface area contributed by atoms with E-state index in [0.29, 0.717) is 13.2 Å². The van der Waals surface area contributed by atoms with Crippen molar-refractivity contribution in [3.05, 3.63) is 17.7 Å². The van der Waals surface area contributed by atoms with Gasteiger partial charge in [-0.15, -0.1) is 0 Å². The summed E-state index contributed by atoms with van der Waals surface area (Å²) in [5.41, 5.74) is 2.30. The highest BCUT2D eigenvalue weighted by Crippen LogP contribution is 2.08. The third-order valence-electron chi connectivity index (χ3n) is 2.66. The van der Waals surface area contributed by atoms with Crippen LogP contribution in [0.1, 0.15) is 31.7 Å². The van der Waals surface area contributed by atoms with E-state index in [1.165, 1.54) is 5.69 Å². The quantitative estimate of drug-likeness (QED) is 0.669. The van der Waals surface area contributed by atoms with Crippen LogP contribution in [-0.2, 0) is 16.0 Å². The number of nitrogens with zero attached hydrogens (tertiary/aromatic N) is 2. The van der Waals surface area contributed by atoms with E-state index in [-0.39, 0.29) is 6.29 Å². The molecular weight excluding hydrogens is 204 g/mol. The van der Waals surface area contributed by atoms with Crippen molar-refractivity contribution in [1.29, 1.82) is 0 Å². The minimum atomic E-state index is -0.0999. The van der Waals surface area contributed by atoms with Gasteiger partial charge in [-0.1, -0.05) is 0 Å². The van der Waals surface area contributed by atoms with E-state index in [2.05, 4.69) is 16.5 Å². The molecule has 0 fully saturated rings. The maximum absolute atomic E-state index is 5.49. The first-order valence-electron chi connectivity index (χ1n) is 5.90. The molecule has 1 aromatic heterocycles. The molecule has 0 radical (unpaired) electrons. The van der Waals surface area contributed by atoms with Gasteiger partial charge in [0.2, 0.25) is 0 Å². The molecular formula is C12H22N2O2. The molecule has 0 saturated carbocycles. The lowest BCUT2D eigenvalue weighted by atomic mass is 10.3. The minimum Gasteiger partial charge on any atom is -0.353 e. The van der Waals surface area contributed by atoms with Gasteiger partial charge in [0, 0.05) is 31.9 Å². The van der Waals surface area contributed by atoms with Gasteiger partial charge >= 0.3 is 0 Å². The summed E-state index contributed by atoms with van der Waals surface area (Å²) in [7, 11) is 0. The minimum absolute atomic E-state index is 0.0999. The van der Waals surface area contributed by atoms with Gasteiger partial charge in [0.05, 0.1) is 12.0 Å². The molecule has 0 spiro atoms. The first-order valence-corrected chi connectivity index (χ1v) is 5.90. The zero-order chi connectivity index (χ0) is 12.0. The molecule has 1 heterocycles. The van der Waals surface area contributed by atoms with Gasteiger partial charge < -0.3 is 14.0 Å². The summed E-state index contributed by atoms with van der Waals surface area (Å²) in [6, 6.07) is 0. The van der Waals surface area contributed by atoms with Gasteiger partial charge in [-0.05, 0) is 27.7 Å². The number of imidazole rings is 1. The van der Waals surface area contributed by atoms with Crippen LogP contribution < -0.4 is 0 Å². The molecule has 4 nitrogen and oxygen atoms in total. The average Bonchev–Trinajstić information content (AvgIpc) is 2.58. The Morgan fingerprint density at radius 3 is 2.31 bits per heavy atom. The van der Waals surface area contributed by atoms with Crippen molar-refractivity contribution in [3.63, 3.8) is 0 Å². The fraction of sp³-hybridized carbons (Fsp3) is 0.750. The second-order valence-electron chi connectivity index (χ2n) is 3.74. The van der Waals surface area contributed by atoms with Crippen LogP contribution in [-0.4, -0.2) is 29.1 Å². The summed E-state index contributed by atoms with van der Waals surface area (Å²) in [6.07, 6.45) is 2.63. The fourth-order valence-electron chi connectivity index (χ4n) is 1.60. The van der Waals surface area contributed by atoms with Crippen LogP contribution in [0.2, 0.25) is 0 Å². The summed E-state index contributed by atoms with van der Waals surface area (Å²) < 4.78 is 13.1. The molecule has 92 valence electrons. The van der Waals surface area contributed by atoms with Gasteiger partial charge in [-0.3, -0.25) is 0 Å². The van der Waals surface area contributed by atoms with Crippen molar-refractivity contribution in [2.75, 3.05) is 13.2 Å². The number of ether oxygens (including phenoxy) is 2. The number of aryl methyl sites for hydroxylation is 2. The molecule has 0 aliphatic heterocycles. The van der Waals surface area contributed by atoms with Gasteiger partial charge in [0.25, 0.3) is 0 Å². The van der Waals surface area contributed by atoms with E-state index in [0.717, 1.165) is 18.7 Å². The number of aromatic nitrogens is 2. The predicted molar refractivity (Wildman–Crippen MR) is 63.4 cm³/mol. The highest BCUT2D eigenvalue weighted by molar-refractivity contribution is 5.08. The molecule has 0 saturated heterocycles. The highest BCUT2D eigenvalue weighted by atomic mass is 16.7. The Balaban J connectivity index is 2.45. The van der Waals surface area contributed by atoms with Crippen LogP contribution in [0.3, 0.4) is 0 Å². The van der Waals surface area contributed by atoms with E-state index >= 15 is 0 Å². The third-order valence-corrected chi connectivity index (χ3v) is 2.66. The van der Waals surface area contributed by atoms with Gasteiger partial charge in [0.1, 0.15) is 0 Å². The molecule has 16 heavy (non-hydrogen) atoms. The van der Waals surface area contributed by atoms with Crippen LogP contribution in [0, 0.1) is 13.8 Å². The Bertz CT molecular complexity index is 304. The lowest BCUT2D eigenvalue weighted by Crippen LogP contribution is -2.19. The third kappa shape index (κ3) is 3.61. The standard InChI is InChI=1S/C12H22N2O2/c1-5-15-12(16-6-2)7-8-14-9-13-10(3)11(14)4/h9,12H,5-8H2,1-4H3. The summed E-state index contributed by atoms with van der Waals surface area (Å²) in [6.45, 7) is 10.3. The molecule has 0 N–H and O–H groups in total. The van der Waals surface area contributed by atoms with Gasteiger partial charge in [-0.25, -0.2) is 4.98 Å². The van der Waals surface area contributed by atoms with Crippen LogP contribution in [0.4, 0.5) is 0 Å². The maximum atomic E-state index is 5.49. The van der Waals surface area contributed by atoms with Crippen LogP contribution in [0.15, 0.2) is 6.33 Å². The van der Waals surface area contributed by atoms with Crippen molar-refractivity contribution in [1.82, 2.24) is 9.55 Å². The summed E-state index contributed by atoms with van der Waals surface area (Å²) in [5.74, 6) is 0. The van der Waals surface area contributed by atoms with Crippen LogP contribution >= 0.6 is 0 Å². The SMILES string of the molecule is CCOC(CCn1cnc(C)c1C)OCC. The van der Waals surface area contributed by atoms with E-state index < -0.39 is 0 Å². The molecule has 1 aromatic rings. The predicted octanol–water partition coefficient (Wildman–Crippen LogP) is 2.29. The molecule has 0 aliphatic rings. The first kappa shape index (κ1) is 13.2. The van der Waals surface area contributed by atoms with Crippen molar-refractivity contribution in [2.24, 2.45) is 0 Å². The molecule has 0 amide bonds. The van der Waals surface area contributed by atoms with E-state index in [1.54, 1.807) is 0 Å². The Morgan fingerprint density at radius 1 is 1.25 bits per heavy atom. The van der Waals surface area contributed by atoms with Crippen LogP contribution in [0.5, 0.6) is 0 Å². The monoisotopic (exact) mass is 226 g/mol. The Kier molecular flexibility index (Phi) is 5.49. The topological polar surface area (TPSA) is 36.3 Å². The van der Waals surface area contributed by atoms with Crippen molar-refractivity contribution in [2.45, 2.75) is 47.0 Å². The number of hydrogen-bond donors (Lipinski definition) is 0. The Labute approximate surface area is 97.6 Å². The normalized spacial score (nSPS) is 11.3. The molecule has 1 rings (SSSR count). The summed E-state index contributed by atoms with van der Waals surface area (Å²) >= 11 is 0. The second kappa shape index (κ2) is 6.66. The molecule has 0 unspecified atom stereocenters. The lowest BCUT2D eigenvalue weighted by Gasteiger charge is -2.17. The van der Waals surface area contributed by atoms with Gasteiger partial charge in [-0.2, -0.15) is 0 Å². The highest BCUT2D eigenvalue weighted by Gasteiger charge is 2.09. The molecule has 0 aliphatic carbocycles. The zero-order valence-corrected chi connectivity index (χ0v) is 10.7. The number of rotatable bonds is 7. The first-order chi connectivity index (χ1) is 7.69. The lowest BCUT2D eigenvalue weighted by molar-refractivity contribution is -0.140. The molecule has 4 heteroatoms. The Hall–Kier alpha value is -0.870. The Morgan fingerprint density at radius 2 is 1.88 bits per heavy atom. The summed E-state index contributed by atoms with van der Waals surface area (Å²) in [5, 5.41) is 0. The zero-order valence-electron chi connectivity index (χ0n) is 10.7. The van der Waals surface area contributed by atoms with Crippen molar-refractivity contribution in [3.8, 4) is 0 Å². The van der Waals surface area contributed by atoms with Crippen molar-refractivity contribution < 1.29 is 9.47 Å². The maximum Gasteiger partial charge on any atom is 0.159 e. The van der Waals surface area contributed by atoms with E-state index in [9.17, 15) is 0 Å². The van der Waals surface area contributed by atoms with Gasteiger partial charge in [0.15, 0.2) is 6.29 Å². The second-order valence-corrected chi connectivity index (χ2v) is 3.74.